The molecule has 0 saturated heterocycles. The molecule has 1 aromatic carbocycles. The Kier molecular flexibility index (Phi) is 10.5. The molecule has 0 bridgehead atoms. The third-order valence-electron chi connectivity index (χ3n) is 2.71. The second-order valence-corrected chi connectivity index (χ2v) is 5.14. The Morgan fingerprint density at radius 3 is 2.55 bits per heavy atom. The van der Waals surface area contributed by atoms with Crippen LogP contribution in [0.3, 0.4) is 0 Å². The molecule has 0 aromatic heterocycles. The summed E-state index contributed by atoms with van der Waals surface area (Å²) in [5, 5.41) is 3.08. The van der Waals surface area contributed by atoms with Crippen LogP contribution in [0, 0.1) is 0 Å². The van der Waals surface area contributed by atoms with Crippen LogP contribution >= 0.6 is 24.0 Å². The maximum atomic E-state index is 5.74. The van der Waals surface area contributed by atoms with Crippen LogP contribution < -0.4 is 11.1 Å². The third kappa shape index (κ3) is 9.14. The van der Waals surface area contributed by atoms with Crippen LogP contribution in [0.4, 0.5) is 0 Å². The minimum Gasteiger partial charge on any atom is -0.370 e. The van der Waals surface area contributed by atoms with E-state index in [2.05, 4.69) is 60.4 Å². The van der Waals surface area contributed by atoms with Crippen molar-refractivity contribution in [1.82, 2.24) is 10.2 Å². The van der Waals surface area contributed by atoms with Gasteiger partial charge in [-0.25, -0.2) is 0 Å². The van der Waals surface area contributed by atoms with E-state index >= 15 is 0 Å². The van der Waals surface area contributed by atoms with Crippen LogP contribution in [-0.4, -0.2) is 37.0 Å². The molecule has 0 aliphatic heterocycles. The average Bonchev–Trinajstić information content (AvgIpc) is 2.35. The zero-order valence-corrected chi connectivity index (χ0v) is 15.0. The summed E-state index contributed by atoms with van der Waals surface area (Å²) in [6, 6.07) is 10.8. The number of hydrogen-bond acceptors (Lipinski definition) is 2. The molecule has 4 nitrogen and oxygen atoms in total. The summed E-state index contributed by atoms with van der Waals surface area (Å²) in [6.07, 6.45) is 1.02. The number of benzene rings is 1. The summed E-state index contributed by atoms with van der Waals surface area (Å²) in [7, 11) is 2.13. The van der Waals surface area contributed by atoms with E-state index in [1.54, 1.807) is 0 Å². The van der Waals surface area contributed by atoms with Gasteiger partial charge in [0.15, 0.2) is 5.96 Å². The fraction of sp³-hybridized carbons (Fsp3) is 0.533. The molecule has 0 unspecified atom stereocenters. The Balaban J connectivity index is 0.00000361. The van der Waals surface area contributed by atoms with Crippen molar-refractivity contribution >= 4 is 29.9 Å². The van der Waals surface area contributed by atoms with Crippen molar-refractivity contribution < 1.29 is 0 Å². The van der Waals surface area contributed by atoms with Crippen molar-refractivity contribution in [2.75, 3.05) is 20.1 Å². The molecule has 20 heavy (non-hydrogen) atoms. The van der Waals surface area contributed by atoms with E-state index in [4.69, 9.17) is 5.73 Å². The van der Waals surface area contributed by atoms with E-state index in [1.807, 2.05) is 6.07 Å². The van der Waals surface area contributed by atoms with Crippen molar-refractivity contribution in [2.24, 2.45) is 10.7 Å². The first-order chi connectivity index (χ1) is 9.08. The zero-order valence-electron chi connectivity index (χ0n) is 12.7. The number of nitrogens with two attached hydrogens (primary N) is 1. The van der Waals surface area contributed by atoms with Crippen LogP contribution in [0.1, 0.15) is 25.8 Å². The van der Waals surface area contributed by atoms with E-state index in [1.165, 1.54) is 5.56 Å². The number of nitrogens with one attached hydrogen (secondary N) is 1. The van der Waals surface area contributed by atoms with Crippen LogP contribution in [0.25, 0.3) is 0 Å². The molecule has 114 valence electrons. The van der Waals surface area contributed by atoms with Gasteiger partial charge in [0.1, 0.15) is 0 Å². The summed E-state index contributed by atoms with van der Waals surface area (Å²) < 4.78 is 0. The summed E-state index contributed by atoms with van der Waals surface area (Å²) in [5.41, 5.74) is 7.08. The van der Waals surface area contributed by atoms with Gasteiger partial charge in [-0.2, -0.15) is 0 Å². The lowest BCUT2D eigenvalue weighted by Crippen LogP contribution is -2.36. The van der Waals surface area contributed by atoms with Crippen LogP contribution in [0.2, 0.25) is 0 Å². The fourth-order valence-corrected chi connectivity index (χ4v) is 1.86. The van der Waals surface area contributed by atoms with Gasteiger partial charge in [-0.15, -0.1) is 24.0 Å². The second-order valence-electron chi connectivity index (χ2n) is 5.14. The Labute approximate surface area is 139 Å². The number of rotatable bonds is 7. The smallest absolute Gasteiger partial charge is 0.188 e. The first kappa shape index (κ1) is 19.2. The highest BCUT2D eigenvalue weighted by molar-refractivity contribution is 14.0. The monoisotopic (exact) mass is 390 g/mol. The fourth-order valence-electron chi connectivity index (χ4n) is 1.86. The van der Waals surface area contributed by atoms with Crippen molar-refractivity contribution in [3.05, 3.63) is 35.9 Å². The van der Waals surface area contributed by atoms with Crippen LogP contribution in [0.15, 0.2) is 35.3 Å². The Bertz CT molecular complexity index is 379. The normalized spacial score (nSPS) is 11.6. The molecular weight excluding hydrogens is 363 g/mol. The number of guanidine groups is 1. The molecule has 5 heteroatoms. The molecule has 0 heterocycles. The SMILES string of the molecule is CC(C)NC(N)=NCCCN(C)Cc1ccccc1.I. The highest BCUT2D eigenvalue weighted by Crippen LogP contribution is 2.02. The minimum atomic E-state index is 0. The Hall–Kier alpha value is -0.820. The molecule has 0 aliphatic rings. The summed E-state index contributed by atoms with van der Waals surface area (Å²) in [6.45, 7) is 6.87. The van der Waals surface area contributed by atoms with Gasteiger partial charge in [-0.1, -0.05) is 30.3 Å². The van der Waals surface area contributed by atoms with E-state index in [-0.39, 0.29) is 24.0 Å². The predicted octanol–water partition coefficient (Wildman–Crippen LogP) is 2.44. The first-order valence-electron chi connectivity index (χ1n) is 6.87. The minimum absolute atomic E-state index is 0. The maximum absolute atomic E-state index is 5.74. The number of hydrogen-bond donors (Lipinski definition) is 2. The summed E-state index contributed by atoms with van der Waals surface area (Å²) >= 11 is 0. The quantitative estimate of drug-likeness (QED) is 0.326. The molecule has 0 spiro atoms. The van der Waals surface area contributed by atoms with Crippen LogP contribution in [0.5, 0.6) is 0 Å². The highest BCUT2D eigenvalue weighted by atomic mass is 127. The van der Waals surface area contributed by atoms with Crippen molar-refractivity contribution in [1.29, 1.82) is 0 Å². The first-order valence-corrected chi connectivity index (χ1v) is 6.87. The molecule has 1 aromatic rings. The van der Waals surface area contributed by atoms with Gasteiger partial charge in [-0.05, 0) is 39.4 Å². The van der Waals surface area contributed by atoms with Gasteiger partial charge < -0.3 is 16.0 Å². The number of aliphatic imine (C=N–C) groups is 1. The molecule has 0 aliphatic carbocycles. The lowest BCUT2D eigenvalue weighted by Gasteiger charge is -2.16. The van der Waals surface area contributed by atoms with E-state index in [0.29, 0.717) is 12.0 Å². The number of halogens is 1. The molecule has 0 fully saturated rings. The molecule has 0 amide bonds. The Morgan fingerprint density at radius 2 is 1.95 bits per heavy atom. The van der Waals surface area contributed by atoms with Crippen molar-refractivity contribution in [3.63, 3.8) is 0 Å². The topological polar surface area (TPSA) is 53.6 Å². The van der Waals surface area contributed by atoms with Gasteiger partial charge in [0, 0.05) is 19.1 Å². The van der Waals surface area contributed by atoms with E-state index < -0.39 is 0 Å². The Morgan fingerprint density at radius 1 is 1.30 bits per heavy atom. The van der Waals surface area contributed by atoms with Gasteiger partial charge in [0.05, 0.1) is 0 Å². The number of nitrogens with zero attached hydrogens (tertiary/aromatic N) is 2. The molecule has 3 N–H and O–H groups in total. The van der Waals surface area contributed by atoms with Crippen molar-refractivity contribution in [2.45, 2.75) is 32.9 Å². The zero-order chi connectivity index (χ0) is 14.1. The van der Waals surface area contributed by atoms with Crippen molar-refractivity contribution in [3.8, 4) is 0 Å². The molecular formula is C15H27IN4. The lowest BCUT2D eigenvalue weighted by molar-refractivity contribution is 0.324. The van der Waals surface area contributed by atoms with Gasteiger partial charge in [-0.3, -0.25) is 4.99 Å². The molecule has 0 radical (unpaired) electrons. The van der Waals surface area contributed by atoms with E-state index in [9.17, 15) is 0 Å². The standard InChI is InChI=1S/C15H26N4.HI/c1-13(2)18-15(16)17-10-7-11-19(3)12-14-8-5-4-6-9-14;/h4-6,8-9,13H,7,10-12H2,1-3H3,(H3,16,17,18);1H. The van der Waals surface area contributed by atoms with Gasteiger partial charge in [0.25, 0.3) is 0 Å². The van der Waals surface area contributed by atoms with E-state index in [0.717, 1.165) is 26.1 Å². The van der Waals surface area contributed by atoms with Gasteiger partial charge >= 0.3 is 0 Å². The molecule has 1 rings (SSSR count). The summed E-state index contributed by atoms with van der Waals surface area (Å²) in [4.78, 5) is 6.60. The molecule has 0 saturated carbocycles. The van der Waals surface area contributed by atoms with Crippen LogP contribution in [-0.2, 0) is 6.54 Å². The van der Waals surface area contributed by atoms with Gasteiger partial charge in [0.2, 0.25) is 0 Å². The lowest BCUT2D eigenvalue weighted by atomic mass is 10.2. The third-order valence-corrected chi connectivity index (χ3v) is 2.71. The predicted molar refractivity (Wildman–Crippen MR) is 97.6 cm³/mol. The maximum Gasteiger partial charge on any atom is 0.188 e. The second kappa shape index (κ2) is 10.9. The average molecular weight is 390 g/mol. The summed E-state index contributed by atoms with van der Waals surface area (Å²) in [5.74, 6) is 0.542. The molecule has 0 atom stereocenters. The highest BCUT2D eigenvalue weighted by Gasteiger charge is 1.99. The largest absolute Gasteiger partial charge is 0.370 e.